The summed E-state index contributed by atoms with van der Waals surface area (Å²) in [6, 6.07) is 6.80. The molecule has 0 spiro atoms. The Hall–Kier alpha value is -1.84. The molecule has 4 heteroatoms. The van der Waals surface area contributed by atoms with Gasteiger partial charge in [-0.25, -0.2) is 0 Å². The van der Waals surface area contributed by atoms with Crippen molar-refractivity contribution in [3.63, 3.8) is 0 Å². The maximum absolute atomic E-state index is 10.7. The third-order valence-electron chi connectivity index (χ3n) is 2.21. The van der Waals surface area contributed by atoms with Gasteiger partial charge in [-0.3, -0.25) is 10.1 Å². The van der Waals surface area contributed by atoms with Crippen molar-refractivity contribution in [3.05, 3.63) is 46.7 Å². The number of rotatable bonds is 2. The Bertz CT molecular complexity index is 387. The normalized spacial score (nSPS) is 14.7. The number of nitro groups is 1. The summed E-state index contributed by atoms with van der Waals surface area (Å²) in [5.74, 6) is 0. The summed E-state index contributed by atoms with van der Waals surface area (Å²) in [6.45, 7) is 0.824. The molecule has 1 aliphatic rings. The highest BCUT2D eigenvalue weighted by Gasteiger charge is 2.18. The molecule has 1 aromatic carbocycles. The first-order valence-corrected chi connectivity index (χ1v) is 4.46. The summed E-state index contributed by atoms with van der Waals surface area (Å²) >= 11 is 0. The van der Waals surface area contributed by atoms with Crippen LogP contribution in [0.25, 0.3) is 0 Å². The molecule has 2 rings (SSSR count). The predicted molar refractivity (Wildman–Crippen MR) is 54.2 cm³/mol. The lowest BCUT2D eigenvalue weighted by Gasteiger charge is -2.14. The molecule has 0 aromatic heterocycles. The highest BCUT2D eigenvalue weighted by molar-refractivity contribution is 5.65. The second kappa shape index (κ2) is 3.49. The summed E-state index contributed by atoms with van der Waals surface area (Å²) in [4.78, 5) is 12.3. The van der Waals surface area contributed by atoms with Crippen molar-refractivity contribution < 1.29 is 4.92 Å². The van der Waals surface area contributed by atoms with Crippen molar-refractivity contribution in [3.8, 4) is 0 Å². The Kier molecular flexibility index (Phi) is 2.18. The van der Waals surface area contributed by atoms with Crippen LogP contribution in [0.1, 0.15) is 6.42 Å². The van der Waals surface area contributed by atoms with Gasteiger partial charge in [0, 0.05) is 18.8 Å². The molecule has 0 atom stereocenters. The van der Waals surface area contributed by atoms with E-state index in [-0.39, 0.29) is 10.6 Å². The average Bonchev–Trinajstić information content (AvgIpc) is 2.70. The topological polar surface area (TPSA) is 46.4 Å². The van der Waals surface area contributed by atoms with Crippen LogP contribution in [0.2, 0.25) is 0 Å². The van der Waals surface area contributed by atoms with Gasteiger partial charge in [0.05, 0.1) is 4.92 Å². The van der Waals surface area contributed by atoms with Gasteiger partial charge in [0.15, 0.2) is 0 Å². The Morgan fingerprint density at radius 2 is 2.14 bits per heavy atom. The standard InChI is InChI=1S/C10H10N2O2/c13-12(14)10-6-2-1-5-9(10)11-7-3-4-8-11/h1-3,5-7H,4,8H2. The van der Waals surface area contributed by atoms with E-state index in [9.17, 15) is 10.1 Å². The lowest BCUT2D eigenvalue weighted by Crippen LogP contribution is -2.13. The molecular weight excluding hydrogens is 180 g/mol. The molecule has 1 aromatic rings. The Morgan fingerprint density at radius 1 is 1.36 bits per heavy atom. The summed E-state index contributed by atoms with van der Waals surface area (Å²) in [6.07, 6.45) is 4.85. The quantitative estimate of drug-likeness (QED) is 0.531. The maximum Gasteiger partial charge on any atom is 0.292 e. The molecule has 0 unspecified atom stereocenters. The highest BCUT2D eigenvalue weighted by atomic mass is 16.6. The minimum Gasteiger partial charge on any atom is -0.342 e. The molecule has 1 aliphatic heterocycles. The van der Waals surface area contributed by atoms with Crippen molar-refractivity contribution >= 4 is 11.4 Å². The van der Waals surface area contributed by atoms with E-state index in [1.807, 2.05) is 23.2 Å². The van der Waals surface area contributed by atoms with Crippen molar-refractivity contribution in [1.29, 1.82) is 0 Å². The van der Waals surface area contributed by atoms with Crippen molar-refractivity contribution in [2.45, 2.75) is 6.42 Å². The van der Waals surface area contributed by atoms with Crippen LogP contribution in [-0.2, 0) is 0 Å². The molecule has 1 heterocycles. The fourth-order valence-corrected chi connectivity index (χ4v) is 1.55. The van der Waals surface area contributed by atoms with Crippen LogP contribution in [0.15, 0.2) is 36.5 Å². The summed E-state index contributed by atoms with van der Waals surface area (Å²) in [5, 5.41) is 10.7. The lowest BCUT2D eigenvalue weighted by atomic mass is 10.2. The van der Waals surface area contributed by atoms with E-state index in [1.54, 1.807) is 12.1 Å². The van der Waals surface area contributed by atoms with E-state index in [0.717, 1.165) is 13.0 Å². The van der Waals surface area contributed by atoms with Gasteiger partial charge in [-0.1, -0.05) is 18.2 Å². The Labute approximate surface area is 81.6 Å². The monoisotopic (exact) mass is 190 g/mol. The van der Waals surface area contributed by atoms with Gasteiger partial charge in [-0.15, -0.1) is 0 Å². The molecule has 0 saturated carbocycles. The zero-order chi connectivity index (χ0) is 9.97. The molecule has 0 aliphatic carbocycles. The number of nitrogens with zero attached hydrogens (tertiary/aromatic N) is 2. The van der Waals surface area contributed by atoms with Gasteiger partial charge in [-0.2, -0.15) is 0 Å². The lowest BCUT2D eigenvalue weighted by molar-refractivity contribution is -0.384. The number of benzene rings is 1. The van der Waals surface area contributed by atoms with E-state index >= 15 is 0 Å². The molecule has 14 heavy (non-hydrogen) atoms. The fraction of sp³-hybridized carbons (Fsp3) is 0.200. The van der Waals surface area contributed by atoms with Gasteiger partial charge >= 0.3 is 0 Å². The van der Waals surface area contributed by atoms with Crippen molar-refractivity contribution in [2.75, 3.05) is 11.4 Å². The molecule has 0 amide bonds. The van der Waals surface area contributed by atoms with Crippen LogP contribution >= 0.6 is 0 Å². The van der Waals surface area contributed by atoms with Gasteiger partial charge in [0.1, 0.15) is 5.69 Å². The maximum atomic E-state index is 10.7. The molecule has 4 nitrogen and oxygen atoms in total. The minimum absolute atomic E-state index is 0.166. The van der Waals surface area contributed by atoms with Crippen LogP contribution in [0.5, 0.6) is 0 Å². The first-order valence-electron chi connectivity index (χ1n) is 4.46. The zero-order valence-electron chi connectivity index (χ0n) is 7.59. The van der Waals surface area contributed by atoms with Crippen LogP contribution in [0.3, 0.4) is 0 Å². The number of anilines is 1. The fourth-order valence-electron chi connectivity index (χ4n) is 1.55. The Morgan fingerprint density at radius 3 is 2.79 bits per heavy atom. The number of nitro benzene ring substituents is 1. The smallest absolute Gasteiger partial charge is 0.292 e. The van der Waals surface area contributed by atoms with Crippen molar-refractivity contribution in [2.24, 2.45) is 0 Å². The average molecular weight is 190 g/mol. The van der Waals surface area contributed by atoms with Gasteiger partial charge < -0.3 is 4.90 Å². The largest absolute Gasteiger partial charge is 0.342 e. The molecule has 0 saturated heterocycles. The van der Waals surface area contributed by atoms with E-state index in [2.05, 4.69) is 0 Å². The van der Waals surface area contributed by atoms with Crippen LogP contribution < -0.4 is 4.90 Å². The summed E-state index contributed by atoms with van der Waals surface area (Å²) < 4.78 is 0. The molecule has 0 bridgehead atoms. The molecule has 0 N–H and O–H groups in total. The first kappa shape index (κ1) is 8.74. The first-order chi connectivity index (χ1) is 6.79. The number of hydrogen-bond acceptors (Lipinski definition) is 3. The van der Waals surface area contributed by atoms with E-state index in [0.29, 0.717) is 5.69 Å². The van der Waals surface area contributed by atoms with Gasteiger partial charge in [0.25, 0.3) is 5.69 Å². The van der Waals surface area contributed by atoms with E-state index < -0.39 is 0 Å². The van der Waals surface area contributed by atoms with Gasteiger partial charge in [-0.05, 0) is 12.5 Å². The van der Waals surface area contributed by atoms with E-state index in [1.165, 1.54) is 6.07 Å². The third-order valence-corrected chi connectivity index (χ3v) is 2.21. The minimum atomic E-state index is -0.346. The number of para-hydroxylation sites is 2. The SMILES string of the molecule is O=[N+]([O-])c1ccccc1N1C=CCC1. The summed E-state index contributed by atoms with van der Waals surface area (Å²) in [5.41, 5.74) is 0.838. The predicted octanol–water partition coefficient (Wildman–Crippen LogP) is 2.32. The Balaban J connectivity index is 2.40. The number of hydrogen-bond donors (Lipinski definition) is 0. The molecular formula is C10H10N2O2. The molecule has 72 valence electrons. The zero-order valence-corrected chi connectivity index (χ0v) is 7.59. The second-order valence-corrected chi connectivity index (χ2v) is 3.11. The van der Waals surface area contributed by atoms with Crippen molar-refractivity contribution in [1.82, 2.24) is 0 Å². The van der Waals surface area contributed by atoms with Crippen LogP contribution in [-0.4, -0.2) is 11.5 Å². The van der Waals surface area contributed by atoms with Gasteiger partial charge in [0.2, 0.25) is 0 Å². The van der Waals surface area contributed by atoms with Crippen LogP contribution in [0, 0.1) is 10.1 Å². The van der Waals surface area contributed by atoms with E-state index in [4.69, 9.17) is 0 Å². The summed E-state index contributed by atoms with van der Waals surface area (Å²) in [7, 11) is 0. The highest BCUT2D eigenvalue weighted by Crippen LogP contribution is 2.29. The third kappa shape index (κ3) is 1.46. The van der Waals surface area contributed by atoms with Crippen LogP contribution in [0.4, 0.5) is 11.4 Å². The molecule has 0 radical (unpaired) electrons. The second-order valence-electron chi connectivity index (χ2n) is 3.11. The molecule has 0 fully saturated rings.